The lowest BCUT2D eigenvalue weighted by atomic mass is 9.88. The van der Waals surface area contributed by atoms with Crippen LogP contribution >= 0.6 is 0 Å². The largest absolute Gasteiger partial charge is 0.379 e. The second-order valence-corrected chi connectivity index (χ2v) is 12.0. The number of fused-ring (bicyclic) bond motifs is 1. The Bertz CT molecular complexity index is 1340. The van der Waals surface area contributed by atoms with E-state index in [2.05, 4.69) is 40.2 Å². The van der Waals surface area contributed by atoms with Crippen molar-refractivity contribution in [3.05, 3.63) is 59.3 Å². The van der Waals surface area contributed by atoms with Crippen LogP contribution in [0.3, 0.4) is 0 Å². The number of primary amides is 1. The highest BCUT2D eigenvalue weighted by Gasteiger charge is 2.29. The third-order valence-corrected chi connectivity index (χ3v) is 9.42. The standard InChI is InChI=1S/C27H34N4O4S/c1-2-36(33,34)31-9-7-21(8-10-31)25-17-29-26-23(25)15-22(16-24(26)27(28)32)20-5-3-19(4-6-20)18-30-11-13-35-14-12-30/h3-6,15-17,21,29H,2,7-14,18H2,1H3,(H2,28,32). The fraction of sp³-hybridized carbons (Fsp3) is 0.444. The molecule has 9 heteroatoms. The zero-order valence-electron chi connectivity index (χ0n) is 20.7. The summed E-state index contributed by atoms with van der Waals surface area (Å²) in [5.74, 6) is -0.126. The fourth-order valence-electron chi connectivity index (χ4n) is 5.40. The average Bonchev–Trinajstić information content (AvgIpc) is 3.33. The van der Waals surface area contributed by atoms with Crippen LogP contribution in [0.1, 0.15) is 47.2 Å². The molecule has 3 N–H and O–H groups in total. The Kier molecular flexibility index (Phi) is 7.16. The van der Waals surface area contributed by atoms with E-state index in [1.807, 2.05) is 12.3 Å². The van der Waals surface area contributed by atoms with Crippen LogP contribution in [0, 0.1) is 0 Å². The predicted molar refractivity (Wildman–Crippen MR) is 141 cm³/mol. The highest BCUT2D eigenvalue weighted by Crippen LogP contribution is 2.37. The minimum atomic E-state index is -3.17. The molecule has 0 spiro atoms. The first-order valence-corrected chi connectivity index (χ1v) is 14.3. The van der Waals surface area contributed by atoms with Crippen LogP contribution in [-0.4, -0.2) is 73.7 Å². The number of carbonyl (C=O) groups excluding carboxylic acids is 1. The maximum atomic E-state index is 12.4. The monoisotopic (exact) mass is 510 g/mol. The number of hydrogen-bond donors (Lipinski definition) is 2. The van der Waals surface area contributed by atoms with Gasteiger partial charge in [0.2, 0.25) is 10.0 Å². The number of aromatic nitrogens is 1. The minimum absolute atomic E-state index is 0.126. The first-order chi connectivity index (χ1) is 17.4. The first kappa shape index (κ1) is 25.0. The highest BCUT2D eigenvalue weighted by atomic mass is 32.2. The van der Waals surface area contributed by atoms with Gasteiger partial charge in [0, 0.05) is 44.3 Å². The molecule has 8 nitrogen and oxygen atoms in total. The smallest absolute Gasteiger partial charge is 0.250 e. The summed E-state index contributed by atoms with van der Waals surface area (Å²) in [6.07, 6.45) is 3.46. The van der Waals surface area contributed by atoms with Gasteiger partial charge in [0.15, 0.2) is 0 Å². The van der Waals surface area contributed by atoms with Gasteiger partial charge in [-0.2, -0.15) is 0 Å². The summed E-state index contributed by atoms with van der Waals surface area (Å²) in [5, 5.41) is 0.982. The van der Waals surface area contributed by atoms with Crippen molar-refractivity contribution >= 4 is 26.8 Å². The lowest BCUT2D eigenvalue weighted by molar-refractivity contribution is 0.0342. The Labute approximate surface area is 212 Å². The Balaban J connectivity index is 1.42. The molecule has 2 aliphatic rings. The lowest BCUT2D eigenvalue weighted by Gasteiger charge is -2.31. The third kappa shape index (κ3) is 5.06. The van der Waals surface area contributed by atoms with Gasteiger partial charge < -0.3 is 15.5 Å². The molecule has 192 valence electrons. The van der Waals surface area contributed by atoms with Crippen molar-refractivity contribution in [3.63, 3.8) is 0 Å². The van der Waals surface area contributed by atoms with Crippen LogP contribution in [0.25, 0.3) is 22.0 Å². The van der Waals surface area contributed by atoms with Gasteiger partial charge in [-0.3, -0.25) is 9.69 Å². The number of hydrogen-bond acceptors (Lipinski definition) is 5. The van der Waals surface area contributed by atoms with E-state index in [0.29, 0.717) is 18.7 Å². The van der Waals surface area contributed by atoms with Crippen molar-refractivity contribution in [2.45, 2.75) is 32.2 Å². The van der Waals surface area contributed by atoms with Crippen molar-refractivity contribution in [1.29, 1.82) is 0 Å². The van der Waals surface area contributed by atoms with Crippen LogP contribution in [0.2, 0.25) is 0 Å². The average molecular weight is 511 g/mol. The maximum absolute atomic E-state index is 12.4. The highest BCUT2D eigenvalue weighted by molar-refractivity contribution is 7.89. The number of carbonyl (C=O) groups is 1. The van der Waals surface area contributed by atoms with Crippen molar-refractivity contribution in [3.8, 4) is 11.1 Å². The third-order valence-electron chi connectivity index (χ3n) is 7.54. The second kappa shape index (κ2) is 10.3. The summed E-state index contributed by atoms with van der Waals surface area (Å²) in [5.41, 5.74) is 11.3. The molecule has 0 bridgehead atoms. The number of sulfonamides is 1. The summed E-state index contributed by atoms with van der Waals surface area (Å²) in [6.45, 7) is 7.05. The van der Waals surface area contributed by atoms with E-state index in [9.17, 15) is 13.2 Å². The van der Waals surface area contributed by atoms with Gasteiger partial charge in [-0.05, 0) is 60.1 Å². The number of aromatic amines is 1. The number of H-pyrrole nitrogens is 1. The van der Waals surface area contributed by atoms with E-state index in [1.165, 1.54) is 5.56 Å². The molecule has 2 saturated heterocycles. The lowest BCUT2D eigenvalue weighted by Crippen LogP contribution is -2.38. The number of amides is 1. The molecule has 36 heavy (non-hydrogen) atoms. The Morgan fingerprint density at radius 3 is 2.39 bits per heavy atom. The van der Waals surface area contributed by atoms with Crippen LogP contribution < -0.4 is 5.73 Å². The van der Waals surface area contributed by atoms with E-state index in [0.717, 1.165) is 73.3 Å². The van der Waals surface area contributed by atoms with Crippen molar-refractivity contribution < 1.29 is 17.9 Å². The second-order valence-electron chi connectivity index (χ2n) is 9.71. The molecule has 0 unspecified atom stereocenters. The Hall–Kier alpha value is -2.72. The molecule has 3 heterocycles. The van der Waals surface area contributed by atoms with E-state index >= 15 is 0 Å². The number of ether oxygens (including phenoxy) is 1. The van der Waals surface area contributed by atoms with Crippen molar-refractivity contribution in [2.24, 2.45) is 5.73 Å². The van der Waals surface area contributed by atoms with E-state index < -0.39 is 15.9 Å². The number of benzene rings is 2. The van der Waals surface area contributed by atoms with Crippen molar-refractivity contribution in [2.75, 3.05) is 45.1 Å². The summed E-state index contributed by atoms with van der Waals surface area (Å²) >= 11 is 0. The van der Waals surface area contributed by atoms with E-state index in [-0.39, 0.29) is 11.7 Å². The topological polar surface area (TPSA) is 109 Å². The van der Waals surface area contributed by atoms with Gasteiger partial charge >= 0.3 is 0 Å². The van der Waals surface area contributed by atoms with Gasteiger partial charge in [-0.1, -0.05) is 24.3 Å². The molecular formula is C27H34N4O4S. The first-order valence-electron chi connectivity index (χ1n) is 12.7. The summed E-state index contributed by atoms with van der Waals surface area (Å²) in [7, 11) is -3.17. The number of nitrogens with two attached hydrogens (primary N) is 1. The van der Waals surface area contributed by atoms with Crippen LogP contribution in [-0.2, 0) is 21.3 Å². The molecule has 0 aliphatic carbocycles. The maximum Gasteiger partial charge on any atom is 0.250 e. The molecule has 0 radical (unpaired) electrons. The van der Waals surface area contributed by atoms with Gasteiger partial charge in [0.25, 0.3) is 5.91 Å². The Morgan fingerprint density at radius 1 is 1.06 bits per heavy atom. The van der Waals surface area contributed by atoms with Crippen molar-refractivity contribution in [1.82, 2.24) is 14.2 Å². The summed E-state index contributed by atoms with van der Waals surface area (Å²) in [6, 6.07) is 12.5. The van der Waals surface area contributed by atoms with Gasteiger partial charge in [0.1, 0.15) is 0 Å². The molecule has 2 fully saturated rings. The molecule has 0 saturated carbocycles. The quantitative estimate of drug-likeness (QED) is 0.507. The predicted octanol–water partition coefficient (Wildman–Crippen LogP) is 3.30. The summed E-state index contributed by atoms with van der Waals surface area (Å²) < 4.78 is 31.6. The molecule has 1 aromatic heterocycles. The number of morpholine rings is 1. The Morgan fingerprint density at radius 2 is 1.75 bits per heavy atom. The zero-order chi connectivity index (χ0) is 25.3. The SMILES string of the molecule is CCS(=O)(=O)N1CCC(c2c[nH]c3c(C(N)=O)cc(-c4ccc(CN5CCOCC5)cc4)cc23)CC1. The van der Waals surface area contributed by atoms with Gasteiger partial charge in [-0.15, -0.1) is 0 Å². The molecule has 2 aromatic carbocycles. The molecule has 0 atom stereocenters. The number of rotatable bonds is 7. The fourth-order valence-corrected chi connectivity index (χ4v) is 6.53. The molecule has 5 rings (SSSR count). The van der Waals surface area contributed by atoms with Crippen LogP contribution in [0.15, 0.2) is 42.6 Å². The zero-order valence-corrected chi connectivity index (χ0v) is 21.5. The van der Waals surface area contributed by atoms with Gasteiger partial charge in [-0.25, -0.2) is 12.7 Å². The molecular weight excluding hydrogens is 476 g/mol. The minimum Gasteiger partial charge on any atom is -0.379 e. The van der Waals surface area contributed by atoms with E-state index in [4.69, 9.17) is 10.5 Å². The molecule has 1 amide bonds. The number of nitrogens with zero attached hydrogens (tertiary/aromatic N) is 2. The molecule has 3 aromatic rings. The number of nitrogens with one attached hydrogen (secondary N) is 1. The van der Waals surface area contributed by atoms with Crippen LogP contribution in [0.5, 0.6) is 0 Å². The van der Waals surface area contributed by atoms with E-state index in [1.54, 1.807) is 11.2 Å². The van der Waals surface area contributed by atoms with Crippen LogP contribution in [0.4, 0.5) is 0 Å². The van der Waals surface area contributed by atoms with Gasteiger partial charge in [0.05, 0.1) is 30.0 Å². The summed E-state index contributed by atoms with van der Waals surface area (Å²) in [4.78, 5) is 18.0. The normalized spacial score (nSPS) is 18.6. The molecule has 2 aliphatic heterocycles. The number of piperidine rings is 1.